The summed E-state index contributed by atoms with van der Waals surface area (Å²) in [5.41, 5.74) is 0.818. The molecule has 1 rings (SSSR count). The number of rotatable bonds is 4. The Morgan fingerprint density at radius 2 is 2.00 bits per heavy atom. The van der Waals surface area contributed by atoms with E-state index >= 15 is 0 Å². The Labute approximate surface area is 105 Å². The first-order valence-corrected chi connectivity index (χ1v) is 5.36. The van der Waals surface area contributed by atoms with E-state index in [0.29, 0.717) is 11.3 Å². The highest BCUT2D eigenvalue weighted by Gasteiger charge is 2.19. The molecule has 0 N–H and O–H groups in total. The van der Waals surface area contributed by atoms with Gasteiger partial charge in [0.15, 0.2) is 5.78 Å². The summed E-state index contributed by atoms with van der Waals surface area (Å²) in [6, 6.07) is 1.51. The van der Waals surface area contributed by atoms with Crippen LogP contribution in [0.3, 0.4) is 0 Å². The lowest BCUT2D eigenvalue weighted by molar-refractivity contribution is -0.141. The summed E-state index contributed by atoms with van der Waals surface area (Å²) in [4.78, 5) is 35.6. The van der Waals surface area contributed by atoms with Gasteiger partial charge in [-0.25, -0.2) is 0 Å². The van der Waals surface area contributed by atoms with Gasteiger partial charge in [0.05, 0.1) is 7.11 Å². The summed E-state index contributed by atoms with van der Waals surface area (Å²) in [5, 5.41) is 0. The summed E-state index contributed by atoms with van der Waals surface area (Å²) >= 11 is 0. The Balaban J connectivity index is 2.90. The molecule has 18 heavy (non-hydrogen) atoms. The average molecular weight is 252 g/mol. The Hall–Kier alpha value is -2.11. The molecule has 0 unspecified atom stereocenters. The lowest BCUT2D eigenvalue weighted by atomic mass is 10.2. The number of hydrogen-bond acceptors (Lipinski definition) is 4. The molecule has 1 heterocycles. The van der Waals surface area contributed by atoms with E-state index < -0.39 is 5.97 Å². The molecule has 0 fully saturated rings. The van der Waals surface area contributed by atoms with E-state index in [9.17, 15) is 14.4 Å². The van der Waals surface area contributed by atoms with E-state index in [1.807, 2.05) is 0 Å². The van der Waals surface area contributed by atoms with E-state index in [0.717, 1.165) is 0 Å². The maximum atomic E-state index is 12.0. The van der Waals surface area contributed by atoms with E-state index in [-0.39, 0.29) is 18.2 Å². The van der Waals surface area contributed by atoms with Gasteiger partial charge in [-0.15, -0.1) is 0 Å². The van der Waals surface area contributed by atoms with Crippen molar-refractivity contribution in [2.24, 2.45) is 7.05 Å². The van der Waals surface area contributed by atoms with Crippen molar-refractivity contribution >= 4 is 17.7 Å². The second-order valence-corrected chi connectivity index (χ2v) is 4.02. The van der Waals surface area contributed by atoms with Crippen molar-refractivity contribution in [1.29, 1.82) is 0 Å². The molecular formula is C12H16N2O4. The molecule has 0 saturated carbocycles. The van der Waals surface area contributed by atoms with Crippen LogP contribution < -0.4 is 0 Å². The number of carbonyl (C=O) groups is 3. The molecule has 0 saturated heterocycles. The van der Waals surface area contributed by atoms with E-state index in [1.165, 1.54) is 32.0 Å². The van der Waals surface area contributed by atoms with Gasteiger partial charge in [0, 0.05) is 25.9 Å². The third-order valence-corrected chi connectivity index (χ3v) is 2.57. The first kappa shape index (κ1) is 14.0. The highest BCUT2D eigenvalue weighted by atomic mass is 16.5. The van der Waals surface area contributed by atoms with Crippen molar-refractivity contribution in [3.63, 3.8) is 0 Å². The zero-order chi connectivity index (χ0) is 13.9. The van der Waals surface area contributed by atoms with Crippen LogP contribution in [0, 0.1) is 0 Å². The molecule has 0 atom stereocenters. The third-order valence-electron chi connectivity index (χ3n) is 2.57. The Morgan fingerprint density at radius 3 is 2.44 bits per heavy atom. The number of likely N-dealkylation sites (N-methyl/N-ethyl adjacent to an activating group) is 1. The summed E-state index contributed by atoms with van der Waals surface area (Å²) < 4.78 is 6.05. The van der Waals surface area contributed by atoms with Crippen molar-refractivity contribution in [1.82, 2.24) is 9.47 Å². The second kappa shape index (κ2) is 5.48. The summed E-state index contributed by atoms with van der Waals surface area (Å²) in [5.74, 6) is -0.942. The van der Waals surface area contributed by atoms with Gasteiger partial charge >= 0.3 is 5.97 Å². The Kier molecular flexibility index (Phi) is 4.25. The van der Waals surface area contributed by atoms with Crippen LogP contribution in [0.1, 0.15) is 27.8 Å². The monoisotopic (exact) mass is 252 g/mol. The van der Waals surface area contributed by atoms with Crippen molar-refractivity contribution in [2.75, 3.05) is 20.7 Å². The van der Waals surface area contributed by atoms with Crippen molar-refractivity contribution in [2.45, 2.75) is 6.92 Å². The Morgan fingerprint density at radius 1 is 1.39 bits per heavy atom. The summed E-state index contributed by atoms with van der Waals surface area (Å²) in [6.45, 7) is 1.30. The first-order chi connectivity index (χ1) is 8.36. The molecule has 6 nitrogen and oxygen atoms in total. The number of ether oxygens (including phenoxy) is 1. The topological polar surface area (TPSA) is 68.6 Å². The van der Waals surface area contributed by atoms with Gasteiger partial charge in [-0.2, -0.15) is 0 Å². The van der Waals surface area contributed by atoms with Crippen LogP contribution in [-0.4, -0.2) is 47.8 Å². The van der Waals surface area contributed by atoms with Gasteiger partial charge < -0.3 is 14.2 Å². The molecule has 6 heteroatoms. The number of Topliss-reactive ketones (excluding diaryl/α,β-unsaturated/α-hetero) is 1. The fraction of sp³-hybridized carbons (Fsp3) is 0.417. The molecule has 1 aromatic rings. The largest absolute Gasteiger partial charge is 0.468 e. The summed E-state index contributed by atoms with van der Waals surface area (Å²) in [7, 11) is 4.43. The normalized spacial score (nSPS) is 10.0. The smallest absolute Gasteiger partial charge is 0.325 e. The Bertz CT molecular complexity index is 490. The fourth-order valence-electron chi connectivity index (χ4n) is 1.50. The lowest BCUT2D eigenvalue weighted by Crippen LogP contribution is -2.33. The molecule has 0 radical (unpaired) electrons. The van der Waals surface area contributed by atoms with Crippen LogP contribution in [0.15, 0.2) is 12.3 Å². The number of nitrogens with zero attached hydrogens (tertiary/aromatic N) is 2. The number of esters is 1. The number of aromatic nitrogens is 1. The fourth-order valence-corrected chi connectivity index (χ4v) is 1.50. The van der Waals surface area contributed by atoms with E-state index in [1.54, 1.807) is 17.8 Å². The van der Waals surface area contributed by atoms with Crippen LogP contribution >= 0.6 is 0 Å². The molecule has 0 bridgehead atoms. The molecular weight excluding hydrogens is 236 g/mol. The zero-order valence-electron chi connectivity index (χ0n) is 10.9. The molecule has 1 aromatic heterocycles. The quantitative estimate of drug-likeness (QED) is 0.577. The number of aryl methyl sites for hydroxylation is 1. The maximum Gasteiger partial charge on any atom is 0.325 e. The number of amides is 1. The minimum Gasteiger partial charge on any atom is -0.468 e. The predicted molar refractivity (Wildman–Crippen MR) is 64.4 cm³/mol. The van der Waals surface area contributed by atoms with Crippen molar-refractivity contribution in [3.05, 3.63) is 23.5 Å². The van der Waals surface area contributed by atoms with Crippen LogP contribution in [0.5, 0.6) is 0 Å². The number of ketones is 1. The number of methoxy groups -OCH3 is 1. The van der Waals surface area contributed by atoms with Crippen LogP contribution in [0.25, 0.3) is 0 Å². The third kappa shape index (κ3) is 2.97. The van der Waals surface area contributed by atoms with Gasteiger partial charge in [0.2, 0.25) is 0 Å². The molecule has 0 aliphatic rings. The standard InChI is InChI=1S/C12H16N2O4/c1-8(15)9-5-10(13(2)6-9)12(17)14(3)7-11(16)18-4/h5-6H,7H2,1-4H3. The first-order valence-electron chi connectivity index (χ1n) is 5.36. The summed E-state index contributed by atoms with van der Waals surface area (Å²) in [6.07, 6.45) is 1.58. The van der Waals surface area contributed by atoms with E-state index in [4.69, 9.17) is 0 Å². The van der Waals surface area contributed by atoms with Crippen molar-refractivity contribution in [3.8, 4) is 0 Å². The van der Waals surface area contributed by atoms with Crippen LogP contribution in [-0.2, 0) is 16.6 Å². The van der Waals surface area contributed by atoms with Gasteiger partial charge in [0.25, 0.3) is 5.91 Å². The van der Waals surface area contributed by atoms with Crippen LogP contribution in [0.2, 0.25) is 0 Å². The number of carbonyl (C=O) groups excluding carboxylic acids is 3. The van der Waals surface area contributed by atoms with Gasteiger partial charge in [-0.1, -0.05) is 0 Å². The van der Waals surface area contributed by atoms with Crippen LogP contribution in [0.4, 0.5) is 0 Å². The van der Waals surface area contributed by atoms with Gasteiger partial charge in [-0.3, -0.25) is 14.4 Å². The van der Waals surface area contributed by atoms with Gasteiger partial charge in [0.1, 0.15) is 12.2 Å². The minimum atomic E-state index is -0.494. The molecule has 0 aliphatic heterocycles. The van der Waals surface area contributed by atoms with Crippen molar-refractivity contribution < 1.29 is 19.1 Å². The highest BCUT2D eigenvalue weighted by molar-refractivity contribution is 5.99. The molecule has 0 aliphatic carbocycles. The average Bonchev–Trinajstić information content (AvgIpc) is 2.70. The molecule has 0 aromatic carbocycles. The lowest BCUT2D eigenvalue weighted by Gasteiger charge is -2.15. The van der Waals surface area contributed by atoms with Gasteiger partial charge in [-0.05, 0) is 13.0 Å². The SMILES string of the molecule is COC(=O)CN(C)C(=O)c1cc(C(C)=O)cn1C. The molecule has 1 amide bonds. The number of hydrogen-bond donors (Lipinski definition) is 0. The zero-order valence-corrected chi connectivity index (χ0v) is 10.9. The predicted octanol–water partition coefficient (Wildman–Crippen LogP) is 0.473. The second-order valence-electron chi connectivity index (χ2n) is 4.02. The minimum absolute atomic E-state index is 0.111. The molecule has 98 valence electrons. The maximum absolute atomic E-state index is 12.0. The molecule has 0 spiro atoms. The van der Waals surface area contributed by atoms with E-state index in [2.05, 4.69) is 4.74 Å². The highest BCUT2D eigenvalue weighted by Crippen LogP contribution is 2.10.